The zero-order valence-corrected chi connectivity index (χ0v) is 10.0. The second-order valence-electron chi connectivity index (χ2n) is 4.95. The van der Waals surface area contributed by atoms with E-state index in [1.54, 1.807) is 0 Å². The molecule has 17 heavy (non-hydrogen) atoms. The van der Waals surface area contributed by atoms with Crippen LogP contribution in [0.2, 0.25) is 0 Å². The molecule has 1 aromatic carbocycles. The number of halogens is 3. The normalized spacial score (nSPS) is 19.3. The minimum Gasteiger partial charge on any atom is -0.204 e. The molecule has 0 bridgehead atoms. The Morgan fingerprint density at radius 1 is 1.00 bits per heavy atom. The Morgan fingerprint density at radius 2 is 1.53 bits per heavy atom. The molecule has 1 saturated carbocycles. The topological polar surface area (TPSA) is 0 Å². The van der Waals surface area contributed by atoms with Crippen LogP contribution < -0.4 is 0 Å². The van der Waals surface area contributed by atoms with Gasteiger partial charge in [-0.05, 0) is 42.4 Å². The molecule has 0 atom stereocenters. The molecule has 0 aromatic heterocycles. The Hall–Kier alpha value is -0.990. The van der Waals surface area contributed by atoms with Gasteiger partial charge in [-0.15, -0.1) is 0 Å². The highest BCUT2D eigenvalue weighted by Crippen LogP contribution is 2.42. The Morgan fingerprint density at radius 3 is 2.00 bits per heavy atom. The smallest absolute Gasteiger partial charge is 0.194 e. The Labute approximate surface area is 99.8 Å². The summed E-state index contributed by atoms with van der Waals surface area (Å²) in [5.74, 6) is -3.51. The van der Waals surface area contributed by atoms with Crippen molar-refractivity contribution in [3.05, 3.63) is 35.1 Å². The van der Waals surface area contributed by atoms with Gasteiger partial charge in [0.15, 0.2) is 17.5 Å². The Kier molecular flexibility index (Phi) is 3.45. The van der Waals surface area contributed by atoms with Crippen molar-refractivity contribution in [2.45, 2.75) is 50.9 Å². The van der Waals surface area contributed by atoms with E-state index in [4.69, 9.17) is 0 Å². The SMILES string of the molecule is CCC1(c2cc(F)c(F)c(F)c2)CCCCC1. The van der Waals surface area contributed by atoms with Gasteiger partial charge in [-0.2, -0.15) is 0 Å². The molecular formula is C14H17F3. The summed E-state index contributed by atoms with van der Waals surface area (Å²) in [4.78, 5) is 0. The summed E-state index contributed by atoms with van der Waals surface area (Å²) in [5, 5.41) is 0. The van der Waals surface area contributed by atoms with E-state index in [0.717, 1.165) is 32.1 Å². The van der Waals surface area contributed by atoms with E-state index in [9.17, 15) is 13.2 Å². The molecule has 0 spiro atoms. The van der Waals surface area contributed by atoms with E-state index in [2.05, 4.69) is 0 Å². The van der Waals surface area contributed by atoms with E-state index < -0.39 is 17.5 Å². The van der Waals surface area contributed by atoms with Gasteiger partial charge in [0, 0.05) is 0 Å². The Balaban J connectivity index is 2.43. The lowest BCUT2D eigenvalue weighted by molar-refractivity contribution is 0.280. The standard InChI is InChI=1S/C14H17F3/c1-2-14(6-4-3-5-7-14)10-8-11(15)13(17)12(16)9-10/h8-9H,2-7H2,1H3. The van der Waals surface area contributed by atoms with Crippen LogP contribution in [0.1, 0.15) is 51.0 Å². The van der Waals surface area contributed by atoms with Crippen molar-refractivity contribution >= 4 is 0 Å². The predicted octanol–water partition coefficient (Wildman–Crippen LogP) is 4.72. The number of hydrogen-bond acceptors (Lipinski definition) is 0. The maximum Gasteiger partial charge on any atom is 0.194 e. The molecule has 1 fully saturated rings. The van der Waals surface area contributed by atoms with E-state index in [0.29, 0.717) is 5.56 Å². The van der Waals surface area contributed by atoms with Crippen molar-refractivity contribution in [2.75, 3.05) is 0 Å². The van der Waals surface area contributed by atoms with Gasteiger partial charge in [0.2, 0.25) is 0 Å². The largest absolute Gasteiger partial charge is 0.204 e. The van der Waals surface area contributed by atoms with Gasteiger partial charge in [-0.25, -0.2) is 13.2 Å². The van der Waals surface area contributed by atoms with Crippen LogP contribution in [0.15, 0.2) is 12.1 Å². The number of benzene rings is 1. The summed E-state index contributed by atoms with van der Waals surface area (Å²) >= 11 is 0. The summed E-state index contributed by atoms with van der Waals surface area (Å²) in [6.07, 6.45) is 6.05. The number of rotatable bonds is 2. The van der Waals surface area contributed by atoms with Gasteiger partial charge in [0.25, 0.3) is 0 Å². The fraction of sp³-hybridized carbons (Fsp3) is 0.571. The minimum atomic E-state index is -1.36. The molecule has 3 heteroatoms. The average Bonchev–Trinajstić information content (AvgIpc) is 2.36. The third-order valence-electron chi connectivity index (χ3n) is 4.08. The summed E-state index contributed by atoms with van der Waals surface area (Å²) in [6, 6.07) is 2.35. The highest BCUT2D eigenvalue weighted by molar-refractivity contribution is 5.28. The monoisotopic (exact) mass is 242 g/mol. The number of hydrogen-bond donors (Lipinski definition) is 0. The lowest BCUT2D eigenvalue weighted by atomic mass is 9.68. The van der Waals surface area contributed by atoms with Gasteiger partial charge in [-0.1, -0.05) is 26.2 Å². The molecule has 1 aliphatic rings. The quantitative estimate of drug-likeness (QED) is 0.658. The molecule has 0 radical (unpaired) electrons. The van der Waals surface area contributed by atoms with Crippen LogP contribution in [0.4, 0.5) is 13.2 Å². The third-order valence-corrected chi connectivity index (χ3v) is 4.08. The molecule has 0 nitrogen and oxygen atoms in total. The van der Waals surface area contributed by atoms with Crippen LogP contribution >= 0.6 is 0 Å². The molecule has 94 valence electrons. The van der Waals surface area contributed by atoms with Crippen molar-refractivity contribution in [1.29, 1.82) is 0 Å². The van der Waals surface area contributed by atoms with E-state index in [1.807, 2.05) is 6.92 Å². The average molecular weight is 242 g/mol. The maximum absolute atomic E-state index is 13.3. The third kappa shape index (κ3) is 2.20. The van der Waals surface area contributed by atoms with Crippen molar-refractivity contribution in [3.8, 4) is 0 Å². The van der Waals surface area contributed by atoms with E-state index in [1.165, 1.54) is 18.6 Å². The van der Waals surface area contributed by atoms with Crippen molar-refractivity contribution in [3.63, 3.8) is 0 Å². The second-order valence-corrected chi connectivity index (χ2v) is 4.95. The molecule has 0 aliphatic heterocycles. The fourth-order valence-corrected chi connectivity index (χ4v) is 2.94. The van der Waals surface area contributed by atoms with Gasteiger partial charge in [0.05, 0.1) is 0 Å². The molecule has 1 aliphatic carbocycles. The molecule has 0 unspecified atom stereocenters. The minimum absolute atomic E-state index is 0.159. The summed E-state index contributed by atoms with van der Waals surface area (Å²) < 4.78 is 39.5. The van der Waals surface area contributed by atoms with E-state index >= 15 is 0 Å². The lowest BCUT2D eigenvalue weighted by Gasteiger charge is -2.37. The van der Waals surface area contributed by atoms with Gasteiger partial charge in [0.1, 0.15) is 0 Å². The maximum atomic E-state index is 13.3. The molecule has 0 heterocycles. The van der Waals surface area contributed by atoms with Crippen molar-refractivity contribution in [1.82, 2.24) is 0 Å². The molecular weight excluding hydrogens is 225 g/mol. The molecule has 0 N–H and O–H groups in total. The Bertz CT molecular complexity index is 383. The van der Waals surface area contributed by atoms with Crippen LogP contribution in [-0.2, 0) is 5.41 Å². The van der Waals surface area contributed by atoms with Gasteiger partial charge in [-0.3, -0.25) is 0 Å². The zero-order chi connectivity index (χ0) is 12.5. The fourth-order valence-electron chi connectivity index (χ4n) is 2.94. The summed E-state index contributed by atoms with van der Waals surface area (Å²) in [5.41, 5.74) is 0.462. The summed E-state index contributed by atoms with van der Waals surface area (Å²) in [6.45, 7) is 2.03. The van der Waals surface area contributed by atoms with Crippen molar-refractivity contribution < 1.29 is 13.2 Å². The van der Waals surface area contributed by atoms with E-state index in [-0.39, 0.29) is 5.41 Å². The first-order valence-electron chi connectivity index (χ1n) is 6.24. The van der Waals surface area contributed by atoms with Crippen LogP contribution in [0.3, 0.4) is 0 Å². The molecule has 0 saturated heterocycles. The highest BCUT2D eigenvalue weighted by Gasteiger charge is 2.33. The first-order chi connectivity index (χ1) is 8.09. The van der Waals surface area contributed by atoms with Crippen LogP contribution in [0.25, 0.3) is 0 Å². The lowest BCUT2D eigenvalue weighted by Crippen LogP contribution is -2.28. The van der Waals surface area contributed by atoms with Crippen LogP contribution in [0.5, 0.6) is 0 Å². The van der Waals surface area contributed by atoms with Crippen molar-refractivity contribution in [2.24, 2.45) is 0 Å². The molecule has 0 amide bonds. The molecule has 2 rings (SSSR count). The first kappa shape index (κ1) is 12.5. The first-order valence-corrected chi connectivity index (χ1v) is 6.24. The van der Waals surface area contributed by atoms with Gasteiger partial charge >= 0.3 is 0 Å². The summed E-state index contributed by atoms with van der Waals surface area (Å²) in [7, 11) is 0. The zero-order valence-electron chi connectivity index (χ0n) is 10.0. The predicted molar refractivity (Wildman–Crippen MR) is 61.4 cm³/mol. The van der Waals surface area contributed by atoms with Crippen LogP contribution in [0, 0.1) is 17.5 Å². The van der Waals surface area contributed by atoms with Crippen LogP contribution in [-0.4, -0.2) is 0 Å². The van der Waals surface area contributed by atoms with Gasteiger partial charge < -0.3 is 0 Å². The molecule has 1 aromatic rings. The highest BCUT2D eigenvalue weighted by atomic mass is 19.2. The second kappa shape index (κ2) is 4.71.